The number of nitrogens with one attached hydrogen (secondary N) is 1. The first-order valence-electron chi connectivity index (χ1n) is 3.16. The van der Waals surface area contributed by atoms with Crippen LogP contribution in [0.4, 0.5) is 0 Å². The van der Waals surface area contributed by atoms with Gasteiger partial charge in [-0.25, -0.2) is 0 Å². The molecule has 0 aliphatic rings. The lowest BCUT2D eigenvalue weighted by Crippen LogP contribution is -2.44. The fourth-order valence-electron chi connectivity index (χ4n) is 0.387. The summed E-state index contributed by atoms with van der Waals surface area (Å²) in [5, 5.41) is 2.69. The van der Waals surface area contributed by atoms with Crippen molar-refractivity contribution in [2.45, 2.75) is 0 Å². The molecule has 0 saturated carbocycles. The van der Waals surface area contributed by atoms with Gasteiger partial charge >= 0.3 is 0 Å². The Labute approximate surface area is 74.1 Å². The highest BCUT2D eigenvalue weighted by Gasteiger charge is 2.05. The van der Waals surface area contributed by atoms with Gasteiger partial charge in [-0.15, -0.1) is 12.4 Å². The van der Waals surface area contributed by atoms with Crippen molar-refractivity contribution in [1.29, 1.82) is 0 Å². The average Bonchev–Trinajstić information content (AvgIpc) is 1.81. The number of amides is 1. The molecule has 0 radical (unpaired) electrons. The number of halogens is 1. The minimum atomic E-state index is -0.118. The zero-order valence-electron chi connectivity index (χ0n) is 7.26. The molecule has 0 unspecified atom stereocenters. The third kappa shape index (κ3) is 9.46. The van der Waals surface area contributed by atoms with E-state index in [1.54, 1.807) is 0 Å². The van der Waals surface area contributed by atoms with E-state index in [2.05, 4.69) is 11.9 Å². The van der Waals surface area contributed by atoms with E-state index in [4.69, 9.17) is 0 Å². The monoisotopic (exact) mass is 179 g/mol. The van der Waals surface area contributed by atoms with Gasteiger partial charge in [0.05, 0.1) is 21.1 Å². The SMILES string of the molecule is C=CC(=O)NC[N+](C)(C)C.Cl. The summed E-state index contributed by atoms with van der Waals surface area (Å²) in [6.07, 6.45) is 1.27. The number of quaternary nitrogens is 1. The normalized spacial score (nSPS) is 9.73. The highest BCUT2D eigenvalue weighted by atomic mass is 35.5. The first-order chi connectivity index (χ1) is 4.45. The molecule has 0 aromatic carbocycles. The van der Waals surface area contributed by atoms with E-state index in [-0.39, 0.29) is 18.3 Å². The van der Waals surface area contributed by atoms with Crippen LogP contribution in [0.15, 0.2) is 12.7 Å². The Balaban J connectivity index is 0. The van der Waals surface area contributed by atoms with Gasteiger partial charge in [0.15, 0.2) is 6.67 Å². The van der Waals surface area contributed by atoms with E-state index >= 15 is 0 Å². The summed E-state index contributed by atoms with van der Waals surface area (Å²) in [5.41, 5.74) is 0. The zero-order valence-corrected chi connectivity index (χ0v) is 8.07. The van der Waals surface area contributed by atoms with Gasteiger partial charge in [-0.3, -0.25) is 4.79 Å². The fraction of sp³-hybridized carbons (Fsp3) is 0.571. The topological polar surface area (TPSA) is 29.1 Å². The van der Waals surface area contributed by atoms with Crippen molar-refractivity contribution in [2.24, 2.45) is 0 Å². The van der Waals surface area contributed by atoms with Crippen LogP contribution in [-0.4, -0.2) is 38.2 Å². The molecular weight excluding hydrogens is 164 g/mol. The van der Waals surface area contributed by atoms with Crippen molar-refractivity contribution in [3.05, 3.63) is 12.7 Å². The Kier molecular flexibility index (Phi) is 6.13. The number of hydrogen-bond acceptors (Lipinski definition) is 1. The standard InChI is InChI=1S/C7H14N2O.ClH/c1-5-7(10)8-6-9(2,3)4;/h5H,1,6H2,2-4H3;1H/p+1. The van der Waals surface area contributed by atoms with Crippen molar-refractivity contribution in [1.82, 2.24) is 5.32 Å². The first-order valence-corrected chi connectivity index (χ1v) is 3.16. The molecular formula is C7H16ClN2O+. The highest BCUT2D eigenvalue weighted by molar-refractivity contribution is 5.86. The zero-order chi connectivity index (χ0) is 8.20. The van der Waals surface area contributed by atoms with Crippen LogP contribution in [0.3, 0.4) is 0 Å². The lowest BCUT2D eigenvalue weighted by Gasteiger charge is -2.23. The summed E-state index contributed by atoms with van der Waals surface area (Å²) < 4.78 is 0.722. The van der Waals surface area contributed by atoms with Crippen LogP contribution < -0.4 is 5.32 Å². The molecule has 0 aromatic heterocycles. The second kappa shape index (κ2) is 5.16. The van der Waals surface area contributed by atoms with Gasteiger partial charge in [0.2, 0.25) is 5.91 Å². The Morgan fingerprint density at radius 3 is 2.27 bits per heavy atom. The number of rotatable bonds is 3. The van der Waals surface area contributed by atoms with Crippen LogP contribution >= 0.6 is 12.4 Å². The summed E-state index contributed by atoms with van der Waals surface area (Å²) in [4.78, 5) is 10.6. The molecule has 0 rings (SSSR count). The molecule has 0 aliphatic carbocycles. The van der Waals surface area contributed by atoms with Crippen LogP contribution in [0.5, 0.6) is 0 Å². The van der Waals surface area contributed by atoms with E-state index < -0.39 is 0 Å². The number of nitrogens with zero attached hydrogens (tertiary/aromatic N) is 1. The maximum atomic E-state index is 10.6. The summed E-state index contributed by atoms with van der Waals surface area (Å²) in [5.74, 6) is -0.118. The van der Waals surface area contributed by atoms with Gasteiger partial charge in [0.1, 0.15) is 0 Å². The number of hydrogen-bond donors (Lipinski definition) is 1. The molecule has 0 fully saturated rings. The second-order valence-corrected chi connectivity index (χ2v) is 3.19. The Morgan fingerprint density at radius 2 is 2.00 bits per heavy atom. The smallest absolute Gasteiger partial charge is 0.247 e. The Hall–Kier alpha value is -0.540. The lowest BCUT2D eigenvalue weighted by molar-refractivity contribution is -0.872. The van der Waals surface area contributed by atoms with E-state index in [1.165, 1.54) is 6.08 Å². The second-order valence-electron chi connectivity index (χ2n) is 3.19. The third-order valence-corrected chi connectivity index (χ3v) is 0.913. The molecule has 0 aromatic rings. The molecule has 11 heavy (non-hydrogen) atoms. The average molecular weight is 180 g/mol. The molecule has 3 nitrogen and oxygen atoms in total. The van der Waals surface area contributed by atoms with Crippen LogP contribution in [-0.2, 0) is 4.79 Å². The van der Waals surface area contributed by atoms with Crippen LogP contribution in [0, 0.1) is 0 Å². The molecule has 1 N–H and O–H groups in total. The predicted octanol–water partition coefficient (Wildman–Crippen LogP) is 0.374. The molecule has 0 bridgehead atoms. The van der Waals surface area contributed by atoms with Gasteiger partial charge < -0.3 is 9.80 Å². The van der Waals surface area contributed by atoms with Gasteiger partial charge in [0, 0.05) is 0 Å². The molecule has 0 aliphatic heterocycles. The Morgan fingerprint density at radius 1 is 1.55 bits per heavy atom. The molecule has 4 heteroatoms. The van der Waals surface area contributed by atoms with Crippen LogP contribution in [0.25, 0.3) is 0 Å². The maximum absolute atomic E-state index is 10.6. The molecule has 0 spiro atoms. The van der Waals surface area contributed by atoms with Crippen LogP contribution in [0.1, 0.15) is 0 Å². The van der Waals surface area contributed by atoms with Gasteiger partial charge in [-0.1, -0.05) is 6.58 Å². The molecule has 1 amide bonds. The summed E-state index contributed by atoms with van der Waals surface area (Å²) in [6, 6.07) is 0. The van der Waals surface area contributed by atoms with E-state index in [0.29, 0.717) is 6.67 Å². The van der Waals surface area contributed by atoms with E-state index in [1.807, 2.05) is 21.1 Å². The number of carbonyl (C=O) groups excluding carboxylic acids is 1. The van der Waals surface area contributed by atoms with Crippen molar-refractivity contribution in [3.8, 4) is 0 Å². The summed E-state index contributed by atoms with van der Waals surface area (Å²) in [7, 11) is 6.01. The summed E-state index contributed by atoms with van der Waals surface area (Å²) >= 11 is 0. The predicted molar refractivity (Wildman–Crippen MR) is 48.5 cm³/mol. The molecule has 0 heterocycles. The highest BCUT2D eigenvalue weighted by Crippen LogP contribution is 1.84. The fourth-order valence-corrected chi connectivity index (χ4v) is 0.387. The molecule has 66 valence electrons. The number of carbonyl (C=O) groups is 1. The minimum absolute atomic E-state index is 0. The Bertz CT molecular complexity index is 140. The lowest BCUT2D eigenvalue weighted by atomic mass is 10.6. The molecule has 0 saturated heterocycles. The van der Waals surface area contributed by atoms with Crippen molar-refractivity contribution < 1.29 is 9.28 Å². The molecule has 0 atom stereocenters. The van der Waals surface area contributed by atoms with Gasteiger partial charge in [0.25, 0.3) is 0 Å². The van der Waals surface area contributed by atoms with Crippen LogP contribution in [0.2, 0.25) is 0 Å². The quantitative estimate of drug-likeness (QED) is 0.379. The summed E-state index contributed by atoms with van der Waals surface area (Å²) in [6.45, 7) is 3.97. The first kappa shape index (κ1) is 13.1. The third-order valence-electron chi connectivity index (χ3n) is 0.913. The minimum Gasteiger partial charge on any atom is -0.314 e. The largest absolute Gasteiger partial charge is 0.314 e. The van der Waals surface area contributed by atoms with Gasteiger partial charge in [-0.05, 0) is 6.08 Å². The van der Waals surface area contributed by atoms with Crippen molar-refractivity contribution in [3.63, 3.8) is 0 Å². The van der Waals surface area contributed by atoms with Crippen molar-refractivity contribution >= 4 is 18.3 Å². The van der Waals surface area contributed by atoms with E-state index in [0.717, 1.165) is 4.48 Å². The van der Waals surface area contributed by atoms with Gasteiger partial charge in [-0.2, -0.15) is 0 Å². The van der Waals surface area contributed by atoms with Crippen molar-refractivity contribution in [2.75, 3.05) is 27.8 Å². The maximum Gasteiger partial charge on any atom is 0.247 e. The van der Waals surface area contributed by atoms with E-state index in [9.17, 15) is 4.79 Å².